The Bertz CT molecular complexity index is 1420. The Kier molecular flexibility index (Phi) is 8.38. The van der Waals surface area contributed by atoms with E-state index in [0.717, 1.165) is 21.6 Å². The molecule has 2 heterocycles. The van der Waals surface area contributed by atoms with Crippen molar-refractivity contribution in [2.45, 2.75) is 31.1 Å². The van der Waals surface area contributed by atoms with Gasteiger partial charge in [0.25, 0.3) is 0 Å². The first-order valence-corrected chi connectivity index (χ1v) is 14.8. The van der Waals surface area contributed by atoms with Gasteiger partial charge in [-0.25, -0.2) is 8.42 Å². The molecule has 1 unspecified atom stereocenters. The number of ether oxygens (including phenoxy) is 2. The first kappa shape index (κ1) is 27.6. The van der Waals surface area contributed by atoms with Crippen molar-refractivity contribution in [3.63, 3.8) is 0 Å². The van der Waals surface area contributed by atoms with Crippen molar-refractivity contribution in [2.24, 2.45) is 5.92 Å². The van der Waals surface area contributed by atoms with Crippen LogP contribution >= 0.6 is 11.3 Å². The molecule has 1 aliphatic rings. The number of carbonyl (C=O) groups excluding carboxylic acids is 2. The third-order valence-electron chi connectivity index (χ3n) is 6.72. The van der Waals surface area contributed by atoms with Gasteiger partial charge in [-0.1, -0.05) is 36.4 Å². The highest BCUT2D eigenvalue weighted by Crippen LogP contribution is 2.50. The summed E-state index contributed by atoms with van der Waals surface area (Å²) in [7, 11) is -0.648. The van der Waals surface area contributed by atoms with E-state index in [0.29, 0.717) is 29.9 Å². The molecule has 2 aromatic carbocycles. The Balaban J connectivity index is 1.72. The van der Waals surface area contributed by atoms with Gasteiger partial charge in [0.15, 0.2) is 9.84 Å². The van der Waals surface area contributed by atoms with Crippen LogP contribution in [-0.2, 0) is 35.5 Å². The van der Waals surface area contributed by atoms with Crippen LogP contribution in [0.4, 0.5) is 0 Å². The van der Waals surface area contributed by atoms with Crippen molar-refractivity contribution >= 4 is 39.1 Å². The molecular formula is C29H31NO6S2. The Morgan fingerprint density at radius 3 is 2.42 bits per heavy atom. The van der Waals surface area contributed by atoms with Gasteiger partial charge in [-0.15, -0.1) is 11.3 Å². The van der Waals surface area contributed by atoms with Crippen LogP contribution < -0.4 is 10.1 Å². The largest absolute Gasteiger partial charge is 0.497 e. The summed E-state index contributed by atoms with van der Waals surface area (Å²) < 4.78 is 38.6. The van der Waals surface area contributed by atoms with E-state index in [4.69, 9.17) is 9.47 Å². The molecule has 0 spiro atoms. The lowest BCUT2D eigenvalue weighted by Gasteiger charge is -2.41. The molecule has 1 aromatic heterocycles. The summed E-state index contributed by atoms with van der Waals surface area (Å²) in [6.07, 6.45) is 4.73. The number of amides is 1. The molecular weight excluding hydrogens is 522 g/mol. The zero-order valence-electron chi connectivity index (χ0n) is 21.6. The molecule has 38 heavy (non-hydrogen) atoms. The second kappa shape index (κ2) is 11.5. The summed E-state index contributed by atoms with van der Waals surface area (Å²) in [5.74, 6) is -0.585. The smallest absolute Gasteiger partial charge is 0.304 e. The fraction of sp³-hybridized carbons (Fsp3) is 0.310. The number of hydrogen-bond acceptors (Lipinski definition) is 7. The third kappa shape index (κ3) is 5.68. The lowest BCUT2D eigenvalue weighted by Crippen LogP contribution is -2.50. The first-order valence-electron chi connectivity index (χ1n) is 12.3. The third-order valence-corrected chi connectivity index (χ3v) is 10.5. The molecule has 2 atom stereocenters. The van der Waals surface area contributed by atoms with Crippen molar-refractivity contribution in [1.82, 2.24) is 5.32 Å². The van der Waals surface area contributed by atoms with Crippen LogP contribution in [0.25, 0.3) is 16.5 Å². The van der Waals surface area contributed by atoms with Gasteiger partial charge in [0, 0.05) is 30.8 Å². The van der Waals surface area contributed by atoms with Gasteiger partial charge >= 0.3 is 5.97 Å². The molecule has 3 aromatic rings. The predicted octanol–water partition coefficient (Wildman–Crippen LogP) is 4.97. The summed E-state index contributed by atoms with van der Waals surface area (Å²) in [5.41, 5.74) is 2.71. The van der Waals surface area contributed by atoms with E-state index in [2.05, 4.69) is 5.32 Å². The maximum atomic E-state index is 13.8. The van der Waals surface area contributed by atoms with Gasteiger partial charge in [-0.3, -0.25) is 9.59 Å². The second-order valence-corrected chi connectivity index (χ2v) is 12.5. The molecule has 1 saturated heterocycles. The zero-order valence-corrected chi connectivity index (χ0v) is 23.2. The number of rotatable bonds is 8. The van der Waals surface area contributed by atoms with Crippen molar-refractivity contribution < 1.29 is 27.5 Å². The van der Waals surface area contributed by atoms with Crippen LogP contribution in [0.1, 0.15) is 35.8 Å². The highest BCUT2D eigenvalue weighted by Gasteiger charge is 2.57. The molecule has 9 heteroatoms. The van der Waals surface area contributed by atoms with Crippen LogP contribution in [0.2, 0.25) is 0 Å². The zero-order chi connectivity index (χ0) is 27.3. The SMILES string of the molecule is CNC(=O)C=Cc1ccc(-c2ccc([C@]3(OC(C)=O)C(Cc4ccc(OC)cc4)CCCS3(=O)=O)s2)cc1. The summed E-state index contributed by atoms with van der Waals surface area (Å²) in [6.45, 7) is 1.26. The number of thiophene rings is 1. The standard InChI is InChI=1S/C29H31NO6S2/c1-20(31)36-29(24(5-4-18-38(29,33)34)19-22-8-13-25(35-3)14-9-22)27-16-15-26(37-27)23-11-6-21(7-12-23)10-17-28(32)30-2/h6-17,24H,4-5,18-19H2,1-3H3,(H,30,32)/t24?,29-/m0/s1. The number of esters is 1. The molecule has 0 aliphatic carbocycles. The van der Waals surface area contributed by atoms with E-state index in [9.17, 15) is 18.0 Å². The lowest BCUT2D eigenvalue weighted by molar-refractivity contribution is -0.154. The first-order chi connectivity index (χ1) is 18.2. The van der Waals surface area contributed by atoms with Crippen molar-refractivity contribution in [3.05, 3.63) is 82.7 Å². The van der Waals surface area contributed by atoms with Gasteiger partial charge in [0.2, 0.25) is 10.8 Å². The number of methoxy groups -OCH3 is 1. The van der Waals surface area contributed by atoms with Crippen LogP contribution in [0.15, 0.2) is 66.7 Å². The van der Waals surface area contributed by atoms with Crippen LogP contribution in [0.3, 0.4) is 0 Å². The number of likely N-dealkylation sites (N-methyl/N-ethyl adjacent to an activating group) is 1. The molecule has 1 amide bonds. The summed E-state index contributed by atoms with van der Waals surface area (Å²) in [6, 6.07) is 18.8. The van der Waals surface area contributed by atoms with Crippen LogP contribution in [0.5, 0.6) is 5.75 Å². The molecule has 1 fully saturated rings. The second-order valence-electron chi connectivity index (χ2n) is 9.20. The normalized spacial score (nSPS) is 20.7. The molecule has 1 N–H and O–H groups in total. The Morgan fingerprint density at radius 1 is 1.08 bits per heavy atom. The van der Waals surface area contributed by atoms with Crippen molar-refractivity contribution in [1.29, 1.82) is 0 Å². The quantitative estimate of drug-likeness (QED) is 0.313. The molecule has 7 nitrogen and oxygen atoms in total. The summed E-state index contributed by atoms with van der Waals surface area (Å²) in [5, 5.41) is 2.54. The minimum absolute atomic E-state index is 0.0427. The fourth-order valence-electron chi connectivity index (χ4n) is 4.86. The number of benzene rings is 2. The average molecular weight is 554 g/mol. The van der Waals surface area contributed by atoms with Gasteiger partial charge in [-0.2, -0.15) is 0 Å². The van der Waals surface area contributed by atoms with E-state index < -0.39 is 26.7 Å². The molecule has 0 bridgehead atoms. The van der Waals surface area contributed by atoms with Gasteiger partial charge in [0.05, 0.1) is 17.7 Å². The van der Waals surface area contributed by atoms with Gasteiger partial charge in [-0.05, 0) is 66.3 Å². The highest BCUT2D eigenvalue weighted by molar-refractivity contribution is 7.92. The van der Waals surface area contributed by atoms with E-state index in [1.807, 2.05) is 54.6 Å². The molecule has 1 aliphatic heterocycles. The minimum Gasteiger partial charge on any atom is -0.497 e. The van der Waals surface area contributed by atoms with E-state index in [-0.39, 0.29) is 11.7 Å². The molecule has 0 saturated carbocycles. The monoisotopic (exact) mass is 553 g/mol. The maximum Gasteiger partial charge on any atom is 0.304 e. The van der Waals surface area contributed by atoms with Crippen LogP contribution in [0, 0.1) is 5.92 Å². The topological polar surface area (TPSA) is 98.8 Å². The average Bonchev–Trinajstić information content (AvgIpc) is 3.40. The van der Waals surface area contributed by atoms with Crippen LogP contribution in [-0.4, -0.2) is 40.2 Å². The van der Waals surface area contributed by atoms with Gasteiger partial charge in [0.1, 0.15) is 5.75 Å². The van der Waals surface area contributed by atoms with E-state index in [1.54, 1.807) is 26.3 Å². The highest BCUT2D eigenvalue weighted by atomic mass is 32.2. The molecule has 200 valence electrons. The van der Waals surface area contributed by atoms with Crippen molar-refractivity contribution in [2.75, 3.05) is 19.9 Å². The summed E-state index contributed by atoms with van der Waals surface area (Å²) >= 11 is 1.33. The fourth-order valence-corrected chi connectivity index (χ4v) is 8.65. The van der Waals surface area contributed by atoms with E-state index >= 15 is 0 Å². The molecule has 0 radical (unpaired) electrons. The predicted molar refractivity (Wildman–Crippen MR) is 150 cm³/mol. The minimum atomic E-state index is -3.81. The summed E-state index contributed by atoms with van der Waals surface area (Å²) in [4.78, 5) is 23.5. The number of hydrogen-bond donors (Lipinski definition) is 1. The Hall–Kier alpha value is -3.43. The number of carbonyl (C=O) groups is 2. The number of sulfone groups is 1. The van der Waals surface area contributed by atoms with Crippen molar-refractivity contribution in [3.8, 4) is 16.2 Å². The Morgan fingerprint density at radius 2 is 1.79 bits per heavy atom. The van der Waals surface area contributed by atoms with E-state index in [1.165, 1.54) is 24.3 Å². The molecule has 4 rings (SSSR count). The van der Waals surface area contributed by atoms with Gasteiger partial charge < -0.3 is 14.8 Å². The lowest BCUT2D eigenvalue weighted by atomic mass is 9.88. The number of nitrogens with one attached hydrogen (secondary N) is 1. The Labute approximate surface area is 227 Å². The maximum absolute atomic E-state index is 13.8.